The molecule has 10 heteroatoms. The maximum Gasteiger partial charge on any atom is 0.248 e. The second-order valence-electron chi connectivity index (χ2n) is 6.16. The van der Waals surface area contributed by atoms with Gasteiger partial charge in [-0.1, -0.05) is 12.1 Å². The fourth-order valence-corrected chi connectivity index (χ4v) is 5.42. The number of carbonyl (C=O) groups is 1. The molecule has 2 aliphatic rings. The van der Waals surface area contributed by atoms with Crippen LogP contribution in [0.15, 0.2) is 4.52 Å². The average Bonchev–Trinajstić information content (AvgIpc) is 3.10. The van der Waals surface area contributed by atoms with Crippen molar-refractivity contribution >= 4 is 15.7 Å². The van der Waals surface area contributed by atoms with Gasteiger partial charge < -0.3 is 14.2 Å². The van der Waals surface area contributed by atoms with Crippen molar-refractivity contribution in [3.63, 3.8) is 0 Å². The van der Waals surface area contributed by atoms with E-state index >= 15 is 0 Å². The minimum Gasteiger partial charge on any atom is -0.375 e. The number of rotatable bonds is 5. The molecule has 0 bridgehead atoms. The third kappa shape index (κ3) is 3.45. The Kier molecular flexibility index (Phi) is 4.88. The van der Waals surface area contributed by atoms with E-state index < -0.39 is 9.84 Å². The highest BCUT2D eigenvalue weighted by Gasteiger charge is 2.48. The van der Waals surface area contributed by atoms with E-state index in [9.17, 15) is 13.2 Å². The van der Waals surface area contributed by atoms with E-state index in [1.54, 1.807) is 4.90 Å². The highest BCUT2D eigenvalue weighted by atomic mass is 32.2. The number of aromatic nitrogens is 2. The molecular weight excluding hydrogens is 336 g/mol. The van der Waals surface area contributed by atoms with Gasteiger partial charge in [0.2, 0.25) is 11.8 Å². The molecular formula is C14H22N4O5S. The van der Waals surface area contributed by atoms with Gasteiger partial charge in [-0.2, -0.15) is 4.98 Å². The number of sulfone groups is 1. The fraction of sp³-hybridized carbons (Fsp3) is 0.786. The fourth-order valence-electron chi connectivity index (χ4n) is 3.41. The Labute approximate surface area is 140 Å². The van der Waals surface area contributed by atoms with Crippen LogP contribution in [-0.2, 0) is 32.3 Å². The topological polar surface area (TPSA) is 106 Å². The summed E-state index contributed by atoms with van der Waals surface area (Å²) in [5.74, 6) is 0.980. The van der Waals surface area contributed by atoms with E-state index in [1.165, 1.54) is 7.11 Å². The molecule has 0 aromatic carbocycles. The Hall–Kier alpha value is -1.52. The summed E-state index contributed by atoms with van der Waals surface area (Å²) in [5.41, 5.74) is 0. The number of piperazine rings is 1. The van der Waals surface area contributed by atoms with Gasteiger partial charge in [0.1, 0.15) is 6.61 Å². The Morgan fingerprint density at radius 2 is 2.08 bits per heavy atom. The van der Waals surface area contributed by atoms with Crippen molar-refractivity contribution in [1.29, 1.82) is 0 Å². The highest BCUT2D eigenvalue weighted by Crippen LogP contribution is 2.28. The molecule has 1 aromatic heterocycles. The van der Waals surface area contributed by atoms with Crippen LogP contribution in [0.25, 0.3) is 0 Å². The second kappa shape index (κ2) is 6.77. The van der Waals surface area contributed by atoms with Crippen LogP contribution in [0.3, 0.4) is 0 Å². The Bertz CT molecular complexity index is 704. The van der Waals surface area contributed by atoms with Crippen molar-refractivity contribution in [1.82, 2.24) is 19.9 Å². The number of fused-ring (bicyclic) bond motifs is 1. The predicted molar refractivity (Wildman–Crippen MR) is 83.9 cm³/mol. The van der Waals surface area contributed by atoms with Crippen molar-refractivity contribution in [3.05, 3.63) is 11.7 Å². The summed E-state index contributed by atoms with van der Waals surface area (Å²) < 4.78 is 34.4. The number of methoxy groups -OCH3 is 1. The molecule has 0 aliphatic carbocycles. The van der Waals surface area contributed by atoms with E-state index in [4.69, 9.17) is 9.26 Å². The van der Waals surface area contributed by atoms with Crippen molar-refractivity contribution in [3.8, 4) is 0 Å². The molecule has 0 unspecified atom stereocenters. The molecule has 9 nitrogen and oxygen atoms in total. The second-order valence-corrected chi connectivity index (χ2v) is 8.31. The molecule has 3 heterocycles. The largest absolute Gasteiger partial charge is 0.375 e. The third-order valence-electron chi connectivity index (χ3n) is 4.54. The molecule has 0 spiro atoms. The predicted octanol–water partition coefficient (Wildman–Crippen LogP) is -0.912. The Morgan fingerprint density at radius 1 is 1.33 bits per heavy atom. The summed E-state index contributed by atoms with van der Waals surface area (Å²) in [6, 6.07) is -0.596. The van der Waals surface area contributed by atoms with Gasteiger partial charge in [-0.05, 0) is 0 Å². The first kappa shape index (κ1) is 17.3. The quantitative estimate of drug-likeness (QED) is 0.666. The molecule has 2 aliphatic heterocycles. The van der Waals surface area contributed by atoms with Gasteiger partial charge in [-0.3, -0.25) is 9.69 Å². The smallest absolute Gasteiger partial charge is 0.248 e. The summed E-state index contributed by atoms with van der Waals surface area (Å²) in [7, 11) is -1.72. The van der Waals surface area contributed by atoms with Crippen LogP contribution >= 0.6 is 0 Å². The van der Waals surface area contributed by atoms with Gasteiger partial charge in [-0.15, -0.1) is 0 Å². The molecule has 0 saturated carbocycles. The van der Waals surface area contributed by atoms with Gasteiger partial charge in [-0.25, -0.2) is 8.42 Å². The number of aryl methyl sites for hydroxylation is 1. The van der Waals surface area contributed by atoms with Gasteiger partial charge in [0.25, 0.3) is 0 Å². The molecule has 0 N–H and O–H groups in total. The van der Waals surface area contributed by atoms with Crippen molar-refractivity contribution in [2.45, 2.75) is 32.0 Å². The number of carbonyl (C=O) groups excluding carboxylic acids is 1. The summed E-state index contributed by atoms with van der Waals surface area (Å²) in [6.07, 6.45) is 0.684. The van der Waals surface area contributed by atoms with E-state index in [1.807, 2.05) is 11.8 Å². The number of hydrogen-bond donors (Lipinski definition) is 0. The van der Waals surface area contributed by atoms with Crippen molar-refractivity contribution in [2.75, 3.05) is 38.3 Å². The van der Waals surface area contributed by atoms with Gasteiger partial charge in [0.15, 0.2) is 15.7 Å². The molecule has 3 rings (SSSR count). The van der Waals surface area contributed by atoms with Crippen LogP contribution in [0, 0.1) is 0 Å². The monoisotopic (exact) mass is 358 g/mol. The van der Waals surface area contributed by atoms with E-state index in [2.05, 4.69) is 10.1 Å². The number of nitrogens with zero attached hydrogens (tertiary/aromatic N) is 4. The maximum absolute atomic E-state index is 12.2. The summed E-state index contributed by atoms with van der Waals surface area (Å²) in [6.45, 7) is 3.33. The molecule has 1 aromatic rings. The van der Waals surface area contributed by atoms with Crippen LogP contribution in [0.4, 0.5) is 0 Å². The van der Waals surface area contributed by atoms with E-state index in [0.29, 0.717) is 37.8 Å². The molecule has 2 saturated heterocycles. The van der Waals surface area contributed by atoms with Crippen LogP contribution in [0.5, 0.6) is 0 Å². The normalized spacial score (nSPS) is 26.5. The first-order valence-corrected chi connectivity index (χ1v) is 9.80. The van der Waals surface area contributed by atoms with E-state index in [0.717, 1.165) is 0 Å². The number of amides is 1. The first-order chi connectivity index (χ1) is 11.4. The van der Waals surface area contributed by atoms with Crippen molar-refractivity contribution < 1.29 is 22.5 Å². The highest BCUT2D eigenvalue weighted by molar-refractivity contribution is 7.91. The molecule has 24 heavy (non-hydrogen) atoms. The zero-order valence-corrected chi connectivity index (χ0v) is 14.7. The molecule has 1 amide bonds. The van der Waals surface area contributed by atoms with Gasteiger partial charge in [0.05, 0.1) is 24.1 Å². The van der Waals surface area contributed by atoms with Gasteiger partial charge in [0, 0.05) is 32.7 Å². The standard InChI is InChI=1S/C14H22N4O5S/c1-3-12-15-13(23-16-12)6-17-4-5-18(14(19)7-22-2)11-9-24(20,21)8-10(11)17/h10-11H,3-9H2,1-2H3/t10-,11+/m0/s1. The summed E-state index contributed by atoms with van der Waals surface area (Å²) in [4.78, 5) is 20.2. The minimum atomic E-state index is -3.18. The van der Waals surface area contributed by atoms with Crippen LogP contribution < -0.4 is 0 Å². The zero-order valence-electron chi connectivity index (χ0n) is 13.8. The minimum absolute atomic E-state index is 0.00629. The summed E-state index contributed by atoms with van der Waals surface area (Å²) in [5, 5.41) is 3.87. The Balaban J connectivity index is 1.77. The first-order valence-electron chi connectivity index (χ1n) is 7.98. The van der Waals surface area contributed by atoms with Crippen LogP contribution in [0.2, 0.25) is 0 Å². The van der Waals surface area contributed by atoms with Gasteiger partial charge >= 0.3 is 0 Å². The Morgan fingerprint density at radius 3 is 2.75 bits per heavy atom. The lowest BCUT2D eigenvalue weighted by molar-refractivity contribution is -0.141. The number of hydrogen-bond acceptors (Lipinski definition) is 8. The van der Waals surface area contributed by atoms with Crippen LogP contribution in [0.1, 0.15) is 18.6 Å². The van der Waals surface area contributed by atoms with E-state index in [-0.39, 0.29) is 36.1 Å². The number of ether oxygens (including phenoxy) is 1. The SMILES string of the molecule is CCc1noc(CN2CCN(C(=O)COC)[C@@H]3CS(=O)(=O)C[C@@H]32)n1. The molecule has 2 fully saturated rings. The van der Waals surface area contributed by atoms with Crippen LogP contribution in [-0.4, -0.2) is 84.7 Å². The average molecular weight is 358 g/mol. The summed E-state index contributed by atoms with van der Waals surface area (Å²) >= 11 is 0. The third-order valence-corrected chi connectivity index (χ3v) is 6.24. The zero-order chi connectivity index (χ0) is 17.3. The van der Waals surface area contributed by atoms with Crippen molar-refractivity contribution in [2.24, 2.45) is 0 Å². The maximum atomic E-state index is 12.2. The lowest BCUT2D eigenvalue weighted by Crippen LogP contribution is -2.60. The molecule has 2 atom stereocenters. The lowest BCUT2D eigenvalue weighted by Gasteiger charge is -2.43. The lowest BCUT2D eigenvalue weighted by atomic mass is 10.0. The molecule has 134 valence electrons. The molecule has 0 radical (unpaired) electrons.